The highest BCUT2D eigenvalue weighted by Gasteiger charge is 2.31. The third-order valence-electron chi connectivity index (χ3n) is 3.49. The minimum absolute atomic E-state index is 0.587. The molecular weight excluding hydrogens is 355 g/mol. The first-order chi connectivity index (χ1) is 11.0. The van der Waals surface area contributed by atoms with Crippen LogP contribution >= 0.6 is 34.5 Å². The van der Waals surface area contributed by atoms with Gasteiger partial charge in [0.1, 0.15) is 10.7 Å². The van der Waals surface area contributed by atoms with E-state index < -0.39 is 0 Å². The molecule has 23 heavy (non-hydrogen) atoms. The van der Waals surface area contributed by atoms with Gasteiger partial charge in [-0.05, 0) is 29.5 Å². The van der Waals surface area contributed by atoms with Crippen molar-refractivity contribution in [2.45, 2.75) is 13.8 Å². The Balaban J connectivity index is 1.89. The monoisotopic (exact) mass is 364 g/mol. The minimum atomic E-state index is 0.587. The highest BCUT2D eigenvalue weighted by atomic mass is 35.5. The summed E-state index contributed by atoms with van der Waals surface area (Å²) in [5, 5.41) is 13.8. The van der Waals surface area contributed by atoms with Crippen LogP contribution in [0.3, 0.4) is 0 Å². The lowest BCUT2D eigenvalue weighted by atomic mass is 10.1. The number of rotatable bonds is 1. The van der Waals surface area contributed by atoms with Crippen molar-refractivity contribution < 1.29 is 9.11 Å². The summed E-state index contributed by atoms with van der Waals surface area (Å²) in [6.07, 6.45) is 1.92. The average molecular weight is 365 g/mol. The number of ketones is 1. The molecule has 3 heterocycles. The molecule has 0 fully saturated rings. The zero-order chi connectivity index (χ0) is 16.1. The molecule has 4 rings (SSSR count). The second-order valence-corrected chi connectivity index (χ2v) is 6.85. The third kappa shape index (κ3) is 2.43. The predicted octanol–water partition coefficient (Wildman–Crippen LogP) is 1.88. The Morgan fingerprint density at radius 3 is 2.78 bits per heavy atom. The lowest BCUT2D eigenvalue weighted by Gasteiger charge is -1.96. The molecule has 0 radical (unpaired) electrons. The van der Waals surface area contributed by atoms with Crippen LogP contribution in [0.1, 0.15) is 19.4 Å². The van der Waals surface area contributed by atoms with E-state index in [1.165, 1.54) is 11.3 Å². The number of hydrogen-bond acceptors (Lipinski definition) is 4. The molecule has 1 aromatic heterocycles. The number of hydrogen-bond donors (Lipinski definition) is 0. The van der Waals surface area contributed by atoms with Crippen LogP contribution in [0.4, 0.5) is 0 Å². The molecule has 0 unspecified atom stereocenters. The number of benzene rings is 1. The van der Waals surface area contributed by atoms with Crippen molar-refractivity contribution in [2.24, 2.45) is 10.2 Å². The van der Waals surface area contributed by atoms with E-state index in [1.807, 2.05) is 19.9 Å². The summed E-state index contributed by atoms with van der Waals surface area (Å²) in [4.78, 5) is 0.750. The SMILES string of the molecule is CC1=NN=c2sc(=C3C=C(c4cc(Cl)ccc4Cl)[O+]=C3C)n[n+]21. The van der Waals surface area contributed by atoms with E-state index in [2.05, 4.69) is 15.3 Å². The van der Waals surface area contributed by atoms with Crippen molar-refractivity contribution in [1.82, 2.24) is 5.10 Å². The topological polar surface area (TPSA) is 52.8 Å². The van der Waals surface area contributed by atoms with E-state index >= 15 is 0 Å². The van der Waals surface area contributed by atoms with Gasteiger partial charge in [0, 0.05) is 11.9 Å². The molecule has 2 aromatic rings. The molecule has 0 amide bonds. The zero-order valence-corrected chi connectivity index (χ0v) is 14.5. The molecule has 0 aliphatic carbocycles. The fraction of sp³-hybridized carbons (Fsp3) is 0.133. The second kappa shape index (κ2) is 5.33. The summed E-state index contributed by atoms with van der Waals surface area (Å²) in [6.45, 7) is 3.76. The van der Waals surface area contributed by atoms with Crippen LogP contribution in [0.5, 0.6) is 0 Å². The normalized spacial score (nSPS) is 18.3. The molecule has 0 atom stereocenters. The molecule has 114 valence electrons. The van der Waals surface area contributed by atoms with Gasteiger partial charge in [-0.25, -0.2) is 4.42 Å². The molecular formula is C15H10Cl2N4OS+2. The zero-order valence-electron chi connectivity index (χ0n) is 12.2. The molecule has 0 bridgehead atoms. The number of carbonyl (C=O) groups excluding carboxylic acids is 1. The van der Waals surface area contributed by atoms with Gasteiger partial charge in [-0.2, -0.15) is 0 Å². The Hall–Kier alpha value is -1.89. The quantitative estimate of drug-likeness (QED) is 0.563. The molecule has 0 saturated carbocycles. The number of allylic oxidation sites excluding steroid dienone is 1. The van der Waals surface area contributed by atoms with Crippen LogP contribution in [-0.2, 0) is 4.42 Å². The largest absolute Gasteiger partial charge is 0.388 e. The molecule has 2 aliphatic rings. The number of nitrogens with zero attached hydrogens (tertiary/aromatic N) is 4. The maximum absolute atomic E-state index is 6.25. The molecule has 0 spiro atoms. The van der Waals surface area contributed by atoms with Crippen molar-refractivity contribution in [1.29, 1.82) is 0 Å². The number of fused-ring (bicyclic) bond motifs is 1. The Bertz CT molecular complexity index is 1070. The summed E-state index contributed by atoms with van der Waals surface area (Å²) in [5.74, 6) is 2.17. The first-order valence-corrected chi connectivity index (χ1v) is 8.35. The summed E-state index contributed by atoms with van der Waals surface area (Å²) < 4.78 is 8.42. The lowest BCUT2D eigenvalue weighted by molar-refractivity contribution is -0.629. The highest BCUT2D eigenvalue weighted by Crippen LogP contribution is 2.30. The van der Waals surface area contributed by atoms with Gasteiger partial charge in [0.2, 0.25) is 0 Å². The van der Waals surface area contributed by atoms with E-state index in [1.54, 1.807) is 22.9 Å². The molecule has 1 aromatic carbocycles. The first kappa shape index (κ1) is 14.7. The van der Waals surface area contributed by atoms with Crippen LogP contribution < -0.4 is 14.1 Å². The summed E-state index contributed by atoms with van der Waals surface area (Å²) in [5.41, 5.74) is 1.67. The highest BCUT2D eigenvalue weighted by molar-refractivity contribution is 7.06. The molecule has 0 saturated heterocycles. The van der Waals surface area contributed by atoms with Crippen LogP contribution in [-0.4, -0.2) is 16.7 Å². The van der Waals surface area contributed by atoms with Crippen molar-refractivity contribution in [3.8, 4) is 0 Å². The molecule has 2 aliphatic heterocycles. The molecule has 8 heteroatoms. The summed E-state index contributed by atoms with van der Waals surface area (Å²) >= 11 is 13.8. The van der Waals surface area contributed by atoms with Crippen molar-refractivity contribution in [3.05, 3.63) is 49.3 Å². The molecule has 0 N–H and O–H groups in total. The maximum Gasteiger partial charge on any atom is 0.388 e. The van der Waals surface area contributed by atoms with Crippen molar-refractivity contribution in [2.75, 3.05) is 0 Å². The van der Waals surface area contributed by atoms with Crippen LogP contribution in [0.15, 0.2) is 34.5 Å². The smallest absolute Gasteiger partial charge is 0.212 e. The van der Waals surface area contributed by atoms with E-state index in [9.17, 15) is 0 Å². The Morgan fingerprint density at radius 2 is 2.00 bits per heavy atom. The van der Waals surface area contributed by atoms with Gasteiger partial charge in [-0.1, -0.05) is 33.0 Å². The fourth-order valence-electron chi connectivity index (χ4n) is 2.34. The fourth-order valence-corrected chi connectivity index (χ4v) is 3.67. The number of aromatic nitrogens is 2. The minimum Gasteiger partial charge on any atom is -0.212 e. The maximum atomic E-state index is 6.25. The van der Waals surface area contributed by atoms with Gasteiger partial charge in [0.05, 0.1) is 28.7 Å². The molecule has 5 nitrogen and oxygen atoms in total. The second-order valence-electron chi connectivity index (χ2n) is 5.05. The van der Waals surface area contributed by atoms with Crippen LogP contribution in [0, 0.1) is 0 Å². The van der Waals surface area contributed by atoms with E-state index in [0.29, 0.717) is 15.8 Å². The summed E-state index contributed by atoms with van der Waals surface area (Å²) in [6, 6.07) is 5.29. The van der Waals surface area contributed by atoms with Crippen molar-refractivity contribution >= 4 is 57.5 Å². The Labute approximate surface area is 145 Å². The van der Waals surface area contributed by atoms with Gasteiger partial charge < -0.3 is 0 Å². The first-order valence-electron chi connectivity index (χ1n) is 6.78. The van der Waals surface area contributed by atoms with Gasteiger partial charge in [0.25, 0.3) is 0 Å². The van der Waals surface area contributed by atoms with Gasteiger partial charge >= 0.3 is 22.2 Å². The lowest BCUT2D eigenvalue weighted by Crippen LogP contribution is -2.52. The Morgan fingerprint density at radius 1 is 1.17 bits per heavy atom. The van der Waals surface area contributed by atoms with Gasteiger partial charge in [-0.3, -0.25) is 0 Å². The van der Waals surface area contributed by atoms with E-state index in [0.717, 1.165) is 32.2 Å². The van der Waals surface area contributed by atoms with Crippen LogP contribution in [0.25, 0.3) is 11.3 Å². The Kier molecular flexibility index (Phi) is 3.41. The predicted molar refractivity (Wildman–Crippen MR) is 90.1 cm³/mol. The third-order valence-corrected chi connectivity index (χ3v) is 4.99. The van der Waals surface area contributed by atoms with Crippen LogP contribution in [0.2, 0.25) is 10.0 Å². The standard InChI is InChI=1S/C15H10Cl2N4OS/c1-7-10(14-20-21-8(2)18-19-15(21)23-14)6-13(22-7)11-5-9(16)3-4-12(11)17/h3-6H,1-2H3/q+2. The van der Waals surface area contributed by atoms with E-state index in [-0.39, 0.29) is 0 Å². The average Bonchev–Trinajstić information content (AvgIpc) is 3.18. The van der Waals surface area contributed by atoms with Crippen molar-refractivity contribution in [3.63, 3.8) is 0 Å². The van der Waals surface area contributed by atoms with Gasteiger partial charge in [0.15, 0.2) is 4.66 Å². The van der Waals surface area contributed by atoms with E-state index in [4.69, 9.17) is 27.6 Å². The number of halogens is 2. The summed E-state index contributed by atoms with van der Waals surface area (Å²) in [7, 11) is 0. The van der Waals surface area contributed by atoms with Gasteiger partial charge in [-0.15, -0.1) is 0 Å².